The Kier molecular flexibility index (Phi) is 2.11. The number of halogens is 2. The highest BCUT2D eigenvalue weighted by Crippen LogP contribution is 2.26. The molecule has 0 aliphatic heterocycles. The molecule has 0 aromatic heterocycles. The van der Waals surface area contributed by atoms with E-state index in [4.69, 9.17) is 5.21 Å². The Morgan fingerprint density at radius 3 is 2.86 bits per heavy atom. The average molecular weight is 258 g/mol. The minimum absolute atomic E-state index is 0.0532. The van der Waals surface area contributed by atoms with Gasteiger partial charge in [0, 0.05) is 12.0 Å². The molecule has 0 fully saturated rings. The van der Waals surface area contributed by atoms with E-state index in [0.717, 1.165) is 0 Å². The van der Waals surface area contributed by atoms with Crippen LogP contribution in [0.4, 0.5) is 4.39 Å². The van der Waals surface area contributed by atoms with Gasteiger partial charge in [0.1, 0.15) is 11.5 Å². The van der Waals surface area contributed by atoms with Gasteiger partial charge in [0.25, 0.3) is 0 Å². The van der Waals surface area contributed by atoms with Crippen molar-refractivity contribution in [2.24, 2.45) is 5.16 Å². The summed E-state index contributed by atoms with van der Waals surface area (Å²) in [6, 6.07) is 2.68. The van der Waals surface area contributed by atoms with Crippen molar-refractivity contribution in [3.05, 3.63) is 33.5 Å². The van der Waals surface area contributed by atoms with Gasteiger partial charge in [0.15, 0.2) is 0 Å². The SMILES string of the molecule is O=C1C(=NO)Cc2cc(F)c(Br)cc21. The van der Waals surface area contributed by atoms with Crippen molar-refractivity contribution in [3.63, 3.8) is 0 Å². The molecule has 1 aliphatic carbocycles. The summed E-state index contributed by atoms with van der Waals surface area (Å²) >= 11 is 2.99. The van der Waals surface area contributed by atoms with Gasteiger partial charge in [-0.1, -0.05) is 5.16 Å². The van der Waals surface area contributed by atoms with E-state index in [-0.39, 0.29) is 22.4 Å². The summed E-state index contributed by atoms with van der Waals surface area (Å²) in [6.45, 7) is 0. The van der Waals surface area contributed by atoms with E-state index >= 15 is 0 Å². The Labute approximate surface area is 87.4 Å². The van der Waals surface area contributed by atoms with Gasteiger partial charge in [-0.25, -0.2) is 4.39 Å². The van der Waals surface area contributed by atoms with Gasteiger partial charge < -0.3 is 5.21 Å². The number of benzene rings is 1. The Hall–Kier alpha value is -1.23. The third-order valence-corrected chi connectivity index (χ3v) is 2.74. The average Bonchev–Trinajstić information content (AvgIpc) is 2.45. The molecule has 0 radical (unpaired) electrons. The lowest BCUT2D eigenvalue weighted by atomic mass is 10.1. The molecule has 0 spiro atoms. The highest BCUT2D eigenvalue weighted by molar-refractivity contribution is 9.10. The maximum absolute atomic E-state index is 13.1. The first kappa shape index (κ1) is 9.33. The first-order valence-corrected chi connectivity index (χ1v) is 4.66. The fourth-order valence-corrected chi connectivity index (χ4v) is 1.79. The van der Waals surface area contributed by atoms with Gasteiger partial charge >= 0.3 is 0 Å². The van der Waals surface area contributed by atoms with E-state index in [1.807, 2.05) is 0 Å². The highest BCUT2D eigenvalue weighted by Gasteiger charge is 2.28. The number of Topliss-reactive ketones (excluding diaryl/α,β-unsaturated/α-hetero) is 1. The monoisotopic (exact) mass is 257 g/mol. The van der Waals surface area contributed by atoms with Gasteiger partial charge in [-0.3, -0.25) is 4.79 Å². The molecule has 0 heterocycles. The van der Waals surface area contributed by atoms with Crippen molar-refractivity contribution in [1.29, 1.82) is 0 Å². The van der Waals surface area contributed by atoms with E-state index in [1.54, 1.807) is 0 Å². The summed E-state index contributed by atoms with van der Waals surface area (Å²) in [7, 11) is 0. The van der Waals surface area contributed by atoms with Crippen LogP contribution in [0.3, 0.4) is 0 Å². The Morgan fingerprint density at radius 1 is 1.50 bits per heavy atom. The predicted molar refractivity (Wildman–Crippen MR) is 51.4 cm³/mol. The second-order valence-electron chi connectivity index (χ2n) is 2.98. The lowest BCUT2D eigenvalue weighted by Gasteiger charge is -1.98. The molecule has 0 unspecified atom stereocenters. The second-order valence-corrected chi connectivity index (χ2v) is 3.83. The van der Waals surface area contributed by atoms with Gasteiger partial charge in [-0.05, 0) is 33.6 Å². The Bertz CT molecular complexity index is 456. The molecule has 0 saturated carbocycles. The minimum Gasteiger partial charge on any atom is -0.411 e. The van der Waals surface area contributed by atoms with Crippen LogP contribution in [-0.2, 0) is 6.42 Å². The van der Waals surface area contributed by atoms with Crippen LogP contribution >= 0.6 is 15.9 Å². The van der Waals surface area contributed by atoms with Gasteiger partial charge in [-0.2, -0.15) is 0 Å². The summed E-state index contributed by atoms with van der Waals surface area (Å²) in [5, 5.41) is 11.4. The van der Waals surface area contributed by atoms with Crippen LogP contribution < -0.4 is 0 Å². The summed E-state index contributed by atoms with van der Waals surface area (Å²) < 4.78 is 13.3. The van der Waals surface area contributed by atoms with Gasteiger partial charge in [0.2, 0.25) is 5.78 Å². The molecule has 1 aromatic rings. The van der Waals surface area contributed by atoms with Crippen LogP contribution in [0, 0.1) is 5.82 Å². The van der Waals surface area contributed by atoms with Crippen LogP contribution in [0.25, 0.3) is 0 Å². The molecule has 5 heteroatoms. The first-order chi connectivity index (χ1) is 6.63. The molecule has 2 rings (SSSR count). The van der Waals surface area contributed by atoms with Crippen molar-refractivity contribution in [3.8, 4) is 0 Å². The molecule has 1 N–H and O–H groups in total. The molecule has 0 amide bonds. The lowest BCUT2D eigenvalue weighted by molar-refractivity contribution is 0.106. The minimum atomic E-state index is -0.421. The van der Waals surface area contributed by atoms with Crippen molar-refractivity contribution >= 4 is 27.4 Å². The maximum atomic E-state index is 13.1. The lowest BCUT2D eigenvalue weighted by Crippen LogP contribution is -2.06. The number of hydrogen-bond acceptors (Lipinski definition) is 3. The molecule has 1 aromatic carbocycles. The summed E-state index contributed by atoms with van der Waals surface area (Å²) in [4.78, 5) is 11.5. The summed E-state index contributed by atoms with van der Waals surface area (Å²) in [5.41, 5.74) is 1.01. The zero-order valence-electron chi connectivity index (χ0n) is 6.92. The van der Waals surface area contributed by atoms with Crippen LogP contribution in [0.1, 0.15) is 15.9 Å². The van der Waals surface area contributed by atoms with Crippen molar-refractivity contribution in [2.45, 2.75) is 6.42 Å². The molecule has 0 saturated heterocycles. The normalized spacial score (nSPS) is 17.6. The molecule has 1 aliphatic rings. The molecule has 72 valence electrons. The van der Waals surface area contributed by atoms with Crippen LogP contribution in [-0.4, -0.2) is 16.7 Å². The van der Waals surface area contributed by atoms with E-state index < -0.39 is 5.82 Å². The van der Waals surface area contributed by atoms with Gasteiger partial charge in [-0.15, -0.1) is 0 Å². The standard InChI is InChI=1S/C9H5BrFNO2/c10-6-3-5-4(1-7(6)11)2-8(12-14)9(5)13/h1,3,14H,2H2. The largest absolute Gasteiger partial charge is 0.411 e. The number of hydrogen-bond donors (Lipinski definition) is 1. The first-order valence-electron chi connectivity index (χ1n) is 3.87. The molecule has 0 atom stereocenters. The van der Waals surface area contributed by atoms with E-state index in [1.165, 1.54) is 12.1 Å². The van der Waals surface area contributed by atoms with Crippen molar-refractivity contribution < 1.29 is 14.4 Å². The molecule has 3 nitrogen and oxygen atoms in total. The Balaban J connectivity index is 2.61. The molecular weight excluding hydrogens is 253 g/mol. The number of carbonyl (C=O) groups excluding carboxylic acids is 1. The van der Waals surface area contributed by atoms with E-state index in [0.29, 0.717) is 11.1 Å². The number of carbonyl (C=O) groups is 1. The van der Waals surface area contributed by atoms with E-state index in [2.05, 4.69) is 21.1 Å². The fraction of sp³-hybridized carbons (Fsp3) is 0.111. The van der Waals surface area contributed by atoms with Crippen molar-refractivity contribution in [1.82, 2.24) is 0 Å². The second kappa shape index (κ2) is 3.16. The third-order valence-electron chi connectivity index (χ3n) is 2.13. The molecule has 0 bridgehead atoms. The number of oxime groups is 1. The van der Waals surface area contributed by atoms with Crippen LogP contribution in [0.2, 0.25) is 0 Å². The number of rotatable bonds is 0. The highest BCUT2D eigenvalue weighted by atomic mass is 79.9. The zero-order valence-corrected chi connectivity index (χ0v) is 8.51. The number of fused-ring (bicyclic) bond motifs is 1. The van der Waals surface area contributed by atoms with E-state index in [9.17, 15) is 9.18 Å². The zero-order chi connectivity index (χ0) is 10.3. The van der Waals surface area contributed by atoms with Crippen LogP contribution in [0.15, 0.2) is 21.8 Å². The fourth-order valence-electron chi connectivity index (χ4n) is 1.44. The summed E-state index contributed by atoms with van der Waals surface area (Å²) in [6.07, 6.45) is 0.189. The van der Waals surface area contributed by atoms with Crippen LogP contribution in [0.5, 0.6) is 0 Å². The van der Waals surface area contributed by atoms with Crippen molar-refractivity contribution in [2.75, 3.05) is 0 Å². The smallest absolute Gasteiger partial charge is 0.211 e. The van der Waals surface area contributed by atoms with Gasteiger partial charge in [0.05, 0.1) is 4.47 Å². The predicted octanol–water partition coefficient (Wildman–Crippen LogP) is 2.16. The topological polar surface area (TPSA) is 49.7 Å². The number of nitrogens with zero attached hydrogens (tertiary/aromatic N) is 1. The number of ketones is 1. The third kappa shape index (κ3) is 1.24. The maximum Gasteiger partial charge on any atom is 0.211 e. The molecular formula is C9H5BrFNO2. The quantitative estimate of drug-likeness (QED) is 0.572. The Morgan fingerprint density at radius 2 is 2.21 bits per heavy atom. The molecule has 14 heavy (non-hydrogen) atoms. The summed E-state index contributed by atoms with van der Waals surface area (Å²) in [5.74, 6) is -0.765.